The first-order valence-corrected chi connectivity index (χ1v) is 5.92. The van der Waals surface area contributed by atoms with E-state index in [-0.39, 0.29) is 6.03 Å². The van der Waals surface area contributed by atoms with Crippen LogP contribution in [0.15, 0.2) is 24.5 Å². The van der Waals surface area contributed by atoms with Crippen LogP contribution < -0.4 is 11.1 Å². The highest BCUT2D eigenvalue weighted by Gasteiger charge is 2.20. The minimum atomic E-state index is -0.308. The first-order valence-electron chi connectivity index (χ1n) is 5.92. The number of hydrogen-bond acceptors (Lipinski definition) is 3. The van der Waals surface area contributed by atoms with E-state index in [2.05, 4.69) is 10.3 Å². The molecular weight excluding hydrogens is 216 g/mol. The Kier molecular flexibility index (Phi) is 3.93. The number of urea groups is 1. The highest BCUT2D eigenvalue weighted by atomic mass is 16.2. The Hall–Kier alpha value is -1.62. The molecule has 1 aromatic rings. The summed E-state index contributed by atoms with van der Waals surface area (Å²) in [4.78, 5) is 16.6. The molecule has 5 heteroatoms. The number of pyridine rings is 1. The van der Waals surface area contributed by atoms with Crippen LogP contribution in [0.25, 0.3) is 0 Å². The van der Waals surface area contributed by atoms with Gasteiger partial charge in [0.05, 0.1) is 0 Å². The van der Waals surface area contributed by atoms with Crippen LogP contribution in [0.1, 0.15) is 18.4 Å². The standard InChI is InChI=1S/C12H18N4O/c13-12(17)16-7-3-11(4-8-16)15-9-10-1-5-14-6-2-10/h1-2,5-6,11,15H,3-4,7-9H2,(H2,13,17). The van der Waals surface area contributed by atoms with Crippen molar-refractivity contribution >= 4 is 6.03 Å². The zero-order valence-electron chi connectivity index (χ0n) is 9.80. The summed E-state index contributed by atoms with van der Waals surface area (Å²) in [6, 6.07) is 4.17. The molecule has 1 aliphatic rings. The predicted molar refractivity (Wildman–Crippen MR) is 65.3 cm³/mol. The molecule has 1 saturated heterocycles. The number of nitrogens with one attached hydrogen (secondary N) is 1. The predicted octanol–water partition coefficient (Wildman–Crippen LogP) is 0.714. The fourth-order valence-electron chi connectivity index (χ4n) is 2.07. The van der Waals surface area contributed by atoms with Crippen molar-refractivity contribution in [1.82, 2.24) is 15.2 Å². The Morgan fingerprint density at radius 3 is 2.65 bits per heavy atom. The highest BCUT2D eigenvalue weighted by Crippen LogP contribution is 2.10. The summed E-state index contributed by atoms with van der Waals surface area (Å²) in [7, 11) is 0. The van der Waals surface area contributed by atoms with Crippen molar-refractivity contribution in [2.45, 2.75) is 25.4 Å². The van der Waals surface area contributed by atoms with Gasteiger partial charge in [0, 0.05) is 38.1 Å². The molecule has 2 amide bonds. The second kappa shape index (κ2) is 5.63. The van der Waals surface area contributed by atoms with Crippen molar-refractivity contribution in [3.63, 3.8) is 0 Å². The highest BCUT2D eigenvalue weighted by molar-refractivity contribution is 5.72. The van der Waals surface area contributed by atoms with Gasteiger partial charge < -0.3 is 16.0 Å². The van der Waals surface area contributed by atoms with E-state index in [1.807, 2.05) is 12.1 Å². The van der Waals surface area contributed by atoms with Crippen LogP contribution in [0.3, 0.4) is 0 Å². The summed E-state index contributed by atoms with van der Waals surface area (Å²) in [6.07, 6.45) is 5.53. The number of carbonyl (C=O) groups is 1. The Morgan fingerprint density at radius 2 is 2.06 bits per heavy atom. The Labute approximate surface area is 101 Å². The van der Waals surface area contributed by atoms with Crippen molar-refractivity contribution in [3.05, 3.63) is 30.1 Å². The monoisotopic (exact) mass is 234 g/mol. The number of carbonyl (C=O) groups excluding carboxylic acids is 1. The molecule has 1 aromatic heterocycles. The van der Waals surface area contributed by atoms with Crippen LogP contribution in [0.4, 0.5) is 4.79 Å². The summed E-state index contributed by atoms with van der Waals surface area (Å²) < 4.78 is 0. The second-order valence-corrected chi connectivity index (χ2v) is 4.34. The number of piperidine rings is 1. The maximum atomic E-state index is 11.0. The number of amides is 2. The molecule has 0 saturated carbocycles. The fraction of sp³-hybridized carbons (Fsp3) is 0.500. The van der Waals surface area contributed by atoms with E-state index in [1.54, 1.807) is 17.3 Å². The minimum absolute atomic E-state index is 0.308. The molecule has 0 atom stereocenters. The summed E-state index contributed by atoms with van der Waals surface area (Å²) in [5.74, 6) is 0. The zero-order valence-corrected chi connectivity index (χ0v) is 9.80. The van der Waals surface area contributed by atoms with Gasteiger partial charge in [-0.1, -0.05) is 0 Å². The molecule has 0 unspecified atom stereocenters. The van der Waals surface area contributed by atoms with Gasteiger partial charge in [0.2, 0.25) is 0 Å². The van der Waals surface area contributed by atoms with Gasteiger partial charge in [-0.3, -0.25) is 4.98 Å². The molecule has 1 aliphatic heterocycles. The molecule has 0 radical (unpaired) electrons. The summed E-state index contributed by atoms with van der Waals surface area (Å²) in [6.45, 7) is 2.36. The second-order valence-electron chi connectivity index (χ2n) is 4.34. The zero-order chi connectivity index (χ0) is 12.1. The lowest BCUT2D eigenvalue weighted by molar-refractivity contribution is 0.185. The fourth-order valence-corrected chi connectivity index (χ4v) is 2.07. The van der Waals surface area contributed by atoms with Crippen molar-refractivity contribution in [2.75, 3.05) is 13.1 Å². The third-order valence-electron chi connectivity index (χ3n) is 3.15. The van der Waals surface area contributed by atoms with Crippen molar-refractivity contribution in [2.24, 2.45) is 5.73 Å². The van der Waals surface area contributed by atoms with Gasteiger partial charge in [0.1, 0.15) is 0 Å². The number of rotatable bonds is 3. The smallest absolute Gasteiger partial charge is 0.314 e. The Bertz CT molecular complexity index is 360. The summed E-state index contributed by atoms with van der Waals surface area (Å²) in [5, 5.41) is 3.49. The van der Waals surface area contributed by atoms with Crippen LogP contribution in [0.2, 0.25) is 0 Å². The molecule has 0 bridgehead atoms. The van der Waals surface area contributed by atoms with E-state index in [0.29, 0.717) is 6.04 Å². The van der Waals surface area contributed by atoms with E-state index in [0.717, 1.165) is 32.5 Å². The van der Waals surface area contributed by atoms with Gasteiger partial charge in [0.15, 0.2) is 0 Å². The number of primary amides is 1. The lowest BCUT2D eigenvalue weighted by Crippen LogP contribution is -2.46. The largest absolute Gasteiger partial charge is 0.351 e. The maximum absolute atomic E-state index is 11.0. The molecule has 2 heterocycles. The topological polar surface area (TPSA) is 71.2 Å². The van der Waals surface area contributed by atoms with Crippen LogP contribution in [0.5, 0.6) is 0 Å². The molecule has 92 valence electrons. The van der Waals surface area contributed by atoms with E-state index in [9.17, 15) is 4.79 Å². The minimum Gasteiger partial charge on any atom is -0.351 e. The van der Waals surface area contributed by atoms with Gasteiger partial charge in [0.25, 0.3) is 0 Å². The van der Waals surface area contributed by atoms with Gasteiger partial charge in [-0.05, 0) is 30.5 Å². The molecule has 1 fully saturated rings. The first-order chi connectivity index (χ1) is 8.25. The van der Waals surface area contributed by atoms with Crippen LogP contribution >= 0.6 is 0 Å². The van der Waals surface area contributed by atoms with Gasteiger partial charge >= 0.3 is 6.03 Å². The first kappa shape index (κ1) is 11.9. The number of aromatic nitrogens is 1. The number of nitrogens with zero attached hydrogens (tertiary/aromatic N) is 2. The van der Waals surface area contributed by atoms with E-state index in [1.165, 1.54) is 5.56 Å². The summed E-state index contributed by atoms with van der Waals surface area (Å²) in [5.41, 5.74) is 6.47. The van der Waals surface area contributed by atoms with Crippen LogP contribution in [-0.2, 0) is 6.54 Å². The van der Waals surface area contributed by atoms with Gasteiger partial charge in [-0.2, -0.15) is 0 Å². The molecule has 0 aromatic carbocycles. The van der Waals surface area contributed by atoms with Crippen LogP contribution in [0, 0.1) is 0 Å². The molecule has 17 heavy (non-hydrogen) atoms. The molecule has 3 N–H and O–H groups in total. The number of nitrogens with two attached hydrogens (primary N) is 1. The lowest BCUT2D eigenvalue weighted by atomic mass is 10.1. The third kappa shape index (κ3) is 3.42. The quantitative estimate of drug-likeness (QED) is 0.809. The van der Waals surface area contributed by atoms with Crippen molar-refractivity contribution < 1.29 is 4.79 Å². The third-order valence-corrected chi connectivity index (χ3v) is 3.15. The molecule has 0 aliphatic carbocycles. The maximum Gasteiger partial charge on any atom is 0.314 e. The van der Waals surface area contributed by atoms with Gasteiger partial charge in [-0.25, -0.2) is 4.79 Å². The van der Waals surface area contributed by atoms with E-state index >= 15 is 0 Å². The average molecular weight is 234 g/mol. The van der Waals surface area contributed by atoms with E-state index < -0.39 is 0 Å². The van der Waals surface area contributed by atoms with Crippen molar-refractivity contribution in [1.29, 1.82) is 0 Å². The Morgan fingerprint density at radius 1 is 1.41 bits per heavy atom. The number of likely N-dealkylation sites (tertiary alicyclic amines) is 1. The lowest BCUT2D eigenvalue weighted by Gasteiger charge is -2.31. The molecule has 5 nitrogen and oxygen atoms in total. The molecular formula is C12H18N4O. The van der Waals surface area contributed by atoms with Crippen LogP contribution in [-0.4, -0.2) is 35.0 Å². The summed E-state index contributed by atoms with van der Waals surface area (Å²) >= 11 is 0. The number of hydrogen-bond donors (Lipinski definition) is 2. The Balaban J connectivity index is 1.74. The van der Waals surface area contributed by atoms with Gasteiger partial charge in [-0.15, -0.1) is 0 Å². The van der Waals surface area contributed by atoms with E-state index in [4.69, 9.17) is 5.73 Å². The van der Waals surface area contributed by atoms with Crippen molar-refractivity contribution in [3.8, 4) is 0 Å². The normalized spacial score (nSPS) is 17.1. The SMILES string of the molecule is NC(=O)N1CCC(NCc2ccncc2)CC1. The molecule has 2 rings (SSSR count). The molecule has 0 spiro atoms. The average Bonchev–Trinajstić information content (AvgIpc) is 2.38.